The Balaban J connectivity index is 2.76. The van der Waals surface area contributed by atoms with Crippen molar-refractivity contribution >= 4 is 21.7 Å². The highest BCUT2D eigenvalue weighted by atomic mass is 28.3. The molecular weight excluding hydrogens is 177 g/mol. The van der Waals surface area contributed by atoms with Crippen molar-refractivity contribution in [2.24, 2.45) is 5.92 Å². The number of carbonyl (C=O) groups excluding carboxylic acids is 2. The van der Waals surface area contributed by atoms with Crippen molar-refractivity contribution in [3.05, 3.63) is 0 Å². The maximum absolute atomic E-state index is 12.5. The van der Waals surface area contributed by atoms with Crippen LogP contribution in [0.4, 0.5) is 4.11 Å². The summed E-state index contributed by atoms with van der Waals surface area (Å²) in [5.74, 6) is -1.13. The molecule has 1 heterocycles. The third kappa shape index (κ3) is 1.55. The van der Waals surface area contributed by atoms with E-state index in [0.29, 0.717) is 0 Å². The molecule has 3 nitrogen and oxygen atoms in total. The zero-order valence-corrected chi connectivity index (χ0v) is 7.98. The van der Waals surface area contributed by atoms with E-state index < -0.39 is 20.8 Å². The van der Waals surface area contributed by atoms with Gasteiger partial charge in [-0.25, -0.2) is 0 Å². The molecule has 0 aromatic rings. The SMILES string of the molecule is CC(C)([Si]F)C1CC(=O)NC1=O. The second-order valence-electron chi connectivity index (χ2n) is 3.49. The molecule has 2 radical (unpaired) electrons. The van der Waals surface area contributed by atoms with Gasteiger partial charge in [0.05, 0.1) is 5.92 Å². The predicted molar refractivity (Wildman–Crippen MR) is 42.2 cm³/mol. The van der Waals surface area contributed by atoms with Gasteiger partial charge < -0.3 is 4.11 Å². The number of imide groups is 1. The Kier molecular flexibility index (Phi) is 2.32. The maximum Gasteiger partial charge on any atom is 0.301 e. The van der Waals surface area contributed by atoms with E-state index in [2.05, 4.69) is 5.32 Å². The van der Waals surface area contributed by atoms with Crippen molar-refractivity contribution in [1.29, 1.82) is 0 Å². The molecule has 12 heavy (non-hydrogen) atoms. The first-order chi connectivity index (χ1) is 5.47. The first kappa shape index (κ1) is 9.38. The van der Waals surface area contributed by atoms with Gasteiger partial charge >= 0.3 is 9.85 Å². The highest BCUT2D eigenvalue weighted by Gasteiger charge is 2.42. The van der Waals surface area contributed by atoms with Crippen molar-refractivity contribution in [3.8, 4) is 0 Å². The molecule has 1 atom stereocenters. The standard InChI is InChI=1S/C7H10FNO2Si/c1-7(2,12-8)4-3-5(10)9-6(4)11/h4H,3H2,1-2H3,(H,9,10,11). The highest BCUT2D eigenvalue weighted by Crippen LogP contribution is 2.38. The van der Waals surface area contributed by atoms with Crippen molar-refractivity contribution in [2.75, 3.05) is 0 Å². The van der Waals surface area contributed by atoms with Crippen molar-refractivity contribution in [1.82, 2.24) is 5.32 Å². The average Bonchev–Trinajstić information content (AvgIpc) is 2.31. The highest BCUT2D eigenvalue weighted by molar-refractivity contribution is 6.32. The summed E-state index contributed by atoms with van der Waals surface area (Å²) >= 11 is 0. The van der Waals surface area contributed by atoms with Crippen LogP contribution >= 0.6 is 0 Å². The Hall–Kier alpha value is -0.713. The van der Waals surface area contributed by atoms with E-state index in [1.54, 1.807) is 13.8 Å². The van der Waals surface area contributed by atoms with E-state index in [1.807, 2.05) is 0 Å². The van der Waals surface area contributed by atoms with Crippen molar-refractivity contribution < 1.29 is 13.7 Å². The smallest absolute Gasteiger partial charge is 0.301 e. The van der Waals surface area contributed by atoms with Crippen LogP contribution in [0, 0.1) is 5.92 Å². The van der Waals surface area contributed by atoms with Gasteiger partial charge in [-0.2, -0.15) is 0 Å². The molecule has 0 bridgehead atoms. The van der Waals surface area contributed by atoms with E-state index in [-0.39, 0.29) is 18.2 Å². The molecule has 1 aliphatic rings. The predicted octanol–water partition coefficient (Wildman–Crippen LogP) is 0.436. The van der Waals surface area contributed by atoms with Crippen LogP contribution in [0.1, 0.15) is 20.3 Å². The summed E-state index contributed by atoms with van der Waals surface area (Å²) < 4.78 is 12.5. The van der Waals surface area contributed by atoms with Gasteiger partial charge in [-0.1, -0.05) is 13.8 Å². The summed E-state index contributed by atoms with van der Waals surface area (Å²) in [6.45, 7) is 3.32. The molecule has 0 spiro atoms. The first-order valence-corrected chi connectivity index (χ1v) is 4.56. The molecule has 0 saturated carbocycles. The number of hydrogen-bond donors (Lipinski definition) is 1. The fourth-order valence-electron chi connectivity index (χ4n) is 1.20. The summed E-state index contributed by atoms with van der Waals surface area (Å²) in [5.41, 5.74) is 0. The van der Waals surface area contributed by atoms with Crippen LogP contribution in [-0.2, 0) is 9.59 Å². The topological polar surface area (TPSA) is 46.2 Å². The first-order valence-electron chi connectivity index (χ1n) is 3.69. The number of halogens is 1. The van der Waals surface area contributed by atoms with Crippen LogP contribution < -0.4 is 5.32 Å². The fourth-order valence-corrected chi connectivity index (χ4v) is 1.57. The number of nitrogens with one attached hydrogen (secondary N) is 1. The van der Waals surface area contributed by atoms with Crippen molar-refractivity contribution in [3.63, 3.8) is 0 Å². The quantitative estimate of drug-likeness (QED) is 0.387. The minimum Gasteiger partial charge on any atom is -0.314 e. The minimum atomic E-state index is -0.819. The van der Waals surface area contributed by atoms with Crippen LogP contribution in [0.5, 0.6) is 0 Å². The number of rotatable bonds is 2. The third-order valence-corrected chi connectivity index (χ3v) is 2.92. The lowest BCUT2D eigenvalue weighted by Crippen LogP contribution is -2.29. The number of hydrogen-bond acceptors (Lipinski definition) is 2. The van der Waals surface area contributed by atoms with Crippen LogP contribution in [0.3, 0.4) is 0 Å². The lowest BCUT2D eigenvalue weighted by atomic mass is 9.93. The Labute approximate surface area is 72.7 Å². The van der Waals surface area contributed by atoms with Gasteiger partial charge in [-0.05, 0) is 0 Å². The molecule has 0 aliphatic carbocycles. The van der Waals surface area contributed by atoms with Gasteiger partial charge in [-0.3, -0.25) is 14.9 Å². The molecule has 1 saturated heterocycles. The van der Waals surface area contributed by atoms with E-state index >= 15 is 0 Å². The summed E-state index contributed by atoms with van der Waals surface area (Å²) in [6.07, 6.45) is 0.128. The fraction of sp³-hybridized carbons (Fsp3) is 0.714. The Morgan fingerprint density at radius 2 is 2.17 bits per heavy atom. The molecule has 1 aliphatic heterocycles. The van der Waals surface area contributed by atoms with Gasteiger partial charge in [0.1, 0.15) is 0 Å². The van der Waals surface area contributed by atoms with Crippen LogP contribution in [-0.4, -0.2) is 21.7 Å². The number of carbonyl (C=O) groups is 2. The Morgan fingerprint density at radius 1 is 1.58 bits per heavy atom. The molecule has 1 rings (SSSR count). The normalized spacial score (nSPS) is 24.4. The van der Waals surface area contributed by atoms with Gasteiger partial charge in [0.25, 0.3) is 0 Å². The maximum atomic E-state index is 12.5. The Morgan fingerprint density at radius 3 is 2.50 bits per heavy atom. The lowest BCUT2D eigenvalue weighted by molar-refractivity contribution is -0.126. The van der Waals surface area contributed by atoms with E-state index in [1.165, 1.54) is 0 Å². The molecule has 0 aromatic carbocycles. The summed E-state index contributed by atoms with van der Waals surface area (Å²) in [4.78, 5) is 21.9. The summed E-state index contributed by atoms with van der Waals surface area (Å²) in [6, 6.07) is 0. The molecule has 66 valence electrons. The van der Waals surface area contributed by atoms with E-state index in [9.17, 15) is 13.7 Å². The zero-order chi connectivity index (χ0) is 9.35. The average molecular weight is 187 g/mol. The summed E-state index contributed by atoms with van der Waals surface area (Å²) in [7, 11) is -0.819. The molecule has 2 amide bonds. The molecule has 1 fully saturated rings. The number of amides is 2. The van der Waals surface area contributed by atoms with Crippen LogP contribution in [0.25, 0.3) is 0 Å². The van der Waals surface area contributed by atoms with Gasteiger partial charge in [0, 0.05) is 11.5 Å². The molecule has 0 aromatic heterocycles. The van der Waals surface area contributed by atoms with E-state index in [4.69, 9.17) is 0 Å². The molecule has 1 unspecified atom stereocenters. The summed E-state index contributed by atoms with van der Waals surface area (Å²) in [5, 5.41) is 1.47. The van der Waals surface area contributed by atoms with Crippen LogP contribution in [0.2, 0.25) is 5.04 Å². The van der Waals surface area contributed by atoms with Crippen molar-refractivity contribution in [2.45, 2.75) is 25.3 Å². The monoisotopic (exact) mass is 187 g/mol. The second-order valence-corrected chi connectivity index (χ2v) is 4.96. The zero-order valence-electron chi connectivity index (χ0n) is 6.98. The molecular formula is C7H10FNO2Si. The van der Waals surface area contributed by atoms with Gasteiger partial charge in [0.15, 0.2) is 0 Å². The Bertz CT molecular complexity index is 229. The second kappa shape index (κ2) is 2.97. The molecule has 5 heteroatoms. The van der Waals surface area contributed by atoms with E-state index in [0.717, 1.165) is 0 Å². The van der Waals surface area contributed by atoms with Crippen LogP contribution in [0.15, 0.2) is 0 Å². The van der Waals surface area contributed by atoms with Gasteiger partial charge in [-0.15, -0.1) is 0 Å². The molecule has 1 N–H and O–H groups in total. The largest absolute Gasteiger partial charge is 0.314 e. The lowest BCUT2D eigenvalue weighted by Gasteiger charge is -2.23. The van der Waals surface area contributed by atoms with Gasteiger partial charge in [0.2, 0.25) is 11.8 Å². The minimum absolute atomic E-state index is 0.128. The third-order valence-electron chi connectivity index (χ3n) is 2.08.